The van der Waals surface area contributed by atoms with E-state index >= 15 is 0 Å². The van der Waals surface area contributed by atoms with Gasteiger partial charge in [0.15, 0.2) is 0 Å². The maximum atomic E-state index is 12.9. The first-order chi connectivity index (χ1) is 16.0. The van der Waals surface area contributed by atoms with Gasteiger partial charge in [-0.2, -0.15) is 0 Å². The van der Waals surface area contributed by atoms with Crippen molar-refractivity contribution in [2.45, 2.75) is 13.0 Å². The second kappa shape index (κ2) is 10.3. The molecule has 0 bridgehead atoms. The van der Waals surface area contributed by atoms with Gasteiger partial charge < -0.3 is 15.2 Å². The van der Waals surface area contributed by atoms with E-state index in [1.807, 2.05) is 42.5 Å². The van der Waals surface area contributed by atoms with Gasteiger partial charge in [0.25, 0.3) is 5.91 Å². The van der Waals surface area contributed by atoms with Crippen molar-refractivity contribution in [1.29, 1.82) is 0 Å². The molecular formula is C26H24ClN3O3. The first-order valence-electron chi connectivity index (χ1n) is 10.6. The quantitative estimate of drug-likeness (QED) is 0.463. The lowest BCUT2D eigenvalue weighted by molar-refractivity contribution is -0.113. The van der Waals surface area contributed by atoms with Crippen LogP contribution in [0, 0.1) is 0 Å². The monoisotopic (exact) mass is 461 g/mol. The molecule has 1 aliphatic heterocycles. The Hall–Kier alpha value is -3.61. The Balaban J connectivity index is 1.32. The minimum absolute atomic E-state index is 0.132. The number of amides is 1. The number of nitrogens with one attached hydrogen (secondary N) is 1. The van der Waals surface area contributed by atoms with E-state index in [9.17, 15) is 9.90 Å². The number of aliphatic imine (C=N–C) groups is 1. The summed E-state index contributed by atoms with van der Waals surface area (Å²) in [6, 6.07) is 24.0. The Morgan fingerprint density at radius 2 is 1.76 bits per heavy atom. The highest BCUT2D eigenvalue weighted by atomic mass is 35.5. The summed E-state index contributed by atoms with van der Waals surface area (Å²) in [6.45, 7) is 2.28. The van der Waals surface area contributed by atoms with Gasteiger partial charge in [-0.1, -0.05) is 41.9 Å². The van der Waals surface area contributed by atoms with Gasteiger partial charge in [0.05, 0.1) is 5.69 Å². The highest BCUT2D eigenvalue weighted by Crippen LogP contribution is 2.27. The molecule has 0 saturated heterocycles. The SMILES string of the molecule is CC1=N/C(=C\c2ccccc2)C(=O)N1c1ccc(OCC(O)CNc2ccc(Cl)cc2)cc1. The van der Waals surface area contributed by atoms with Gasteiger partial charge in [0.2, 0.25) is 0 Å². The predicted octanol–water partition coefficient (Wildman–Crippen LogP) is 5.00. The minimum Gasteiger partial charge on any atom is -0.491 e. The van der Waals surface area contributed by atoms with E-state index in [1.54, 1.807) is 54.3 Å². The van der Waals surface area contributed by atoms with E-state index in [-0.39, 0.29) is 12.5 Å². The summed E-state index contributed by atoms with van der Waals surface area (Å²) in [5.41, 5.74) is 2.90. The summed E-state index contributed by atoms with van der Waals surface area (Å²) in [6.07, 6.45) is 1.09. The lowest BCUT2D eigenvalue weighted by Crippen LogP contribution is -2.30. The second-order valence-corrected chi connectivity index (χ2v) is 8.02. The molecule has 0 aliphatic carbocycles. The van der Waals surface area contributed by atoms with Gasteiger partial charge in [-0.05, 0) is 67.1 Å². The van der Waals surface area contributed by atoms with Gasteiger partial charge in [0.1, 0.15) is 30.0 Å². The molecule has 0 spiro atoms. The fourth-order valence-corrected chi connectivity index (χ4v) is 3.51. The molecule has 0 saturated carbocycles. The molecule has 3 aromatic rings. The highest BCUT2D eigenvalue weighted by Gasteiger charge is 2.28. The Labute approximate surface area is 197 Å². The molecule has 168 valence electrons. The van der Waals surface area contributed by atoms with E-state index in [2.05, 4.69) is 10.3 Å². The van der Waals surface area contributed by atoms with Crippen LogP contribution in [0.2, 0.25) is 5.02 Å². The first-order valence-corrected chi connectivity index (χ1v) is 10.9. The molecular weight excluding hydrogens is 438 g/mol. The number of carbonyl (C=O) groups excluding carboxylic acids is 1. The lowest BCUT2D eigenvalue weighted by atomic mass is 10.2. The summed E-state index contributed by atoms with van der Waals surface area (Å²) in [5.74, 6) is 1.04. The number of ether oxygens (including phenoxy) is 1. The fraction of sp³-hybridized carbons (Fsp3) is 0.154. The van der Waals surface area contributed by atoms with Crippen LogP contribution in [0.25, 0.3) is 6.08 Å². The average Bonchev–Trinajstić information content (AvgIpc) is 3.11. The molecule has 6 nitrogen and oxygen atoms in total. The number of anilines is 2. The average molecular weight is 462 g/mol. The largest absolute Gasteiger partial charge is 0.491 e. The number of rotatable bonds is 8. The highest BCUT2D eigenvalue weighted by molar-refractivity contribution is 6.30. The molecule has 1 amide bonds. The third kappa shape index (κ3) is 5.80. The van der Waals surface area contributed by atoms with Crippen molar-refractivity contribution in [3.63, 3.8) is 0 Å². The van der Waals surface area contributed by atoms with Gasteiger partial charge in [-0.25, -0.2) is 4.99 Å². The molecule has 1 atom stereocenters. The first kappa shape index (κ1) is 22.6. The number of hydrogen-bond donors (Lipinski definition) is 2. The topological polar surface area (TPSA) is 74.2 Å². The van der Waals surface area contributed by atoms with Crippen molar-refractivity contribution in [1.82, 2.24) is 0 Å². The van der Waals surface area contributed by atoms with Gasteiger partial charge in [0, 0.05) is 17.3 Å². The van der Waals surface area contributed by atoms with Crippen LogP contribution in [-0.2, 0) is 4.79 Å². The molecule has 4 rings (SSSR count). The van der Waals surface area contributed by atoms with Gasteiger partial charge >= 0.3 is 0 Å². The van der Waals surface area contributed by atoms with E-state index in [0.717, 1.165) is 11.3 Å². The molecule has 1 aliphatic rings. The normalized spacial score (nSPS) is 15.5. The lowest BCUT2D eigenvalue weighted by Gasteiger charge is -2.17. The van der Waals surface area contributed by atoms with Crippen molar-refractivity contribution in [2.75, 3.05) is 23.4 Å². The van der Waals surface area contributed by atoms with Crippen LogP contribution in [0.3, 0.4) is 0 Å². The van der Waals surface area contributed by atoms with Crippen molar-refractivity contribution < 1.29 is 14.6 Å². The van der Waals surface area contributed by atoms with Crippen LogP contribution in [0.4, 0.5) is 11.4 Å². The van der Waals surface area contributed by atoms with E-state index in [4.69, 9.17) is 16.3 Å². The number of amidine groups is 1. The summed E-state index contributed by atoms with van der Waals surface area (Å²) in [5, 5.41) is 14.0. The summed E-state index contributed by atoms with van der Waals surface area (Å²) < 4.78 is 5.69. The molecule has 2 N–H and O–H groups in total. The maximum absolute atomic E-state index is 12.9. The third-order valence-corrected chi connectivity index (χ3v) is 5.31. The van der Waals surface area contributed by atoms with Crippen LogP contribution in [0.5, 0.6) is 5.75 Å². The molecule has 0 fully saturated rings. The fourth-order valence-electron chi connectivity index (χ4n) is 3.39. The van der Waals surface area contributed by atoms with Gasteiger partial charge in [-0.3, -0.25) is 9.69 Å². The van der Waals surface area contributed by atoms with Gasteiger partial charge in [-0.15, -0.1) is 0 Å². The molecule has 1 heterocycles. The predicted molar refractivity (Wildman–Crippen MR) is 133 cm³/mol. The summed E-state index contributed by atoms with van der Waals surface area (Å²) in [4.78, 5) is 18.9. The van der Waals surface area contributed by atoms with Crippen LogP contribution in [-0.4, -0.2) is 36.1 Å². The molecule has 1 unspecified atom stereocenters. The maximum Gasteiger partial charge on any atom is 0.282 e. The zero-order valence-corrected chi connectivity index (χ0v) is 18.9. The van der Waals surface area contributed by atoms with Crippen molar-refractivity contribution in [3.05, 3.63) is 95.1 Å². The van der Waals surface area contributed by atoms with Crippen molar-refractivity contribution in [3.8, 4) is 5.75 Å². The molecule has 0 radical (unpaired) electrons. The Morgan fingerprint density at radius 3 is 2.45 bits per heavy atom. The number of aliphatic hydroxyl groups excluding tert-OH is 1. The van der Waals surface area contributed by atoms with E-state index in [1.165, 1.54) is 0 Å². The number of hydrogen-bond acceptors (Lipinski definition) is 5. The molecule has 7 heteroatoms. The van der Waals surface area contributed by atoms with E-state index in [0.29, 0.717) is 34.5 Å². The minimum atomic E-state index is -0.694. The van der Waals surface area contributed by atoms with Crippen molar-refractivity contribution in [2.24, 2.45) is 4.99 Å². The molecule has 33 heavy (non-hydrogen) atoms. The summed E-state index contributed by atoms with van der Waals surface area (Å²) in [7, 11) is 0. The number of halogens is 1. The van der Waals surface area contributed by atoms with Crippen LogP contribution in [0.1, 0.15) is 12.5 Å². The van der Waals surface area contributed by atoms with Crippen LogP contribution >= 0.6 is 11.6 Å². The molecule has 3 aromatic carbocycles. The summed E-state index contributed by atoms with van der Waals surface area (Å²) >= 11 is 5.87. The Morgan fingerprint density at radius 1 is 1.06 bits per heavy atom. The number of aliphatic hydroxyl groups is 1. The number of benzene rings is 3. The zero-order chi connectivity index (χ0) is 23.2. The van der Waals surface area contributed by atoms with Crippen LogP contribution in [0.15, 0.2) is 89.6 Å². The van der Waals surface area contributed by atoms with Crippen LogP contribution < -0.4 is 15.0 Å². The second-order valence-electron chi connectivity index (χ2n) is 7.59. The van der Waals surface area contributed by atoms with E-state index < -0.39 is 6.10 Å². The van der Waals surface area contributed by atoms with Crippen molar-refractivity contribution >= 4 is 40.8 Å². The smallest absolute Gasteiger partial charge is 0.282 e. The number of nitrogens with zero attached hydrogens (tertiary/aromatic N) is 2. The Bertz CT molecular complexity index is 1160. The standard InChI is InChI=1S/C26H24ClN3O3/c1-18-29-25(15-19-5-3-2-4-6-19)26(32)30(18)22-11-13-24(14-12-22)33-17-23(31)16-28-21-9-7-20(27)8-10-21/h2-15,23,28,31H,16-17H2,1H3/b25-15-. The number of carbonyl (C=O) groups is 1. The molecule has 0 aromatic heterocycles. The Kier molecular flexibility index (Phi) is 7.07. The third-order valence-electron chi connectivity index (χ3n) is 5.05. The zero-order valence-electron chi connectivity index (χ0n) is 18.1.